The first kappa shape index (κ1) is 29.2. The lowest BCUT2D eigenvalue weighted by atomic mass is 9.94. The van der Waals surface area contributed by atoms with Crippen LogP contribution in [0.2, 0.25) is 0 Å². The van der Waals surface area contributed by atoms with Gasteiger partial charge in [-0.1, -0.05) is 65.9 Å². The molecule has 6 aromatic rings. The highest BCUT2D eigenvalue weighted by Gasteiger charge is 2.25. The molecule has 7 rings (SSSR count). The van der Waals surface area contributed by atoms with Crippen LogP contribution in [-0.4, -0.2) is 40.5 Å². The number of thiazole rings is 1. The van der Waals surface area contributed by atoms with Crippen LogP contribution in [0.5, 0.6) is 0 Å². The van der Waals surface area contributed by atoms with Crippen molar-refractivity contribution in [2.75, 3.05) is 28.7 Å². The van der Waals surface area contributed by atoms with Crippen molar-refractivity contribution in [3.8, 4) is 11.1 Å². The monoisotopic (exact) mass is 625 g/mol. The Bertz CT molecular complexity index is 2080. The zero-order valence-corrected chi connectivity index (χ0v) is 26.2. The molecule has 228 valence electrons. The van der Waals surface area contributed by atoms with Crippen molar-refractivity contribution in [1.29, 1.82) is 0 Å². The van der Waals surface area contributed by atoms with Gasteiger partial charge in [0.2, 0.25) is 0 Å². The third-order valence-electron chi connectivity index (χ3n) is 8.54. The van der Waals surface area contributed by atoms with E-state index in [1.54, 1.807) is 0 Å². The van der Waals surface area contributed by atoms with Gasteiger partial charge in [0.25, 0.3) is 5.91 Å². The molecule has 0 unspecified atom stereocenters. The van der Waals surface area contributed by atoms with Crippen molar-refractivity contribution in [3.05, 3.63) is 131 Å². The smallest absolute Gasteiger partial charge is 0.355 e. The van der Waals surface area contributed by atoms with Crippen LogP contribution in [0.1, 0.15) is 37.5 Å². The summed E-state index contributed by atoms with van der Waals surface area (Å²) in [6.45, 7) is 3.09. The molecule has 1 aliphatic rings. The fraction of sp³-hybridized carbons (Fsp3) is 0.135. The molecule has 1 aliphatic heterocycles. The number of carbonyl (C=O) groups excluding carboxylic acids is 1. The zero-order valence-electron chi connectivity index (χ0n) is 25.4. The Labute approximate surface area is 270 Å². The number of pyridine rings is 1. The molecule has 46 heavy (non-hydrogen) atoms. The summed E-state index contributed by atoms with van der Waals surface area (Å²) >= 11 is 1.44. The standard InChI is InChI=1S/C37H31N5O3S/c1-23-26(13-9-16-31(23)41(2)25-11-4-3-5-12-25)27-18-19-33(39-34(27)36(44)45)42-21-20-24-10-8-14-28(29(24)22-42)35(43)40-37-38-30-15-6-7-17-32(30)46-37/h3-19H,20-22H2,1-2H3,(H,44,45)(H,38,40,43). The lowest BCUT2D eigenvalue weighted by Gasteiger charge is -2.31. The van der Waals surface area contributed by atoms with Gasteiger partial charge < -0.3 is 14.9 Å². The van der Waals surface area contributed by atoms with E-state index in [9.17, 15) is 14.7 Å². The van der Waals surface area contributed by atoms with E-state index in [2.05, 4.69) is 20.2 Å². The highest BCUT2D eigenvalue weighted by Crippen LogP contribution is 2.36. The van der Waals surface area contributed by atoms with E-state index >= 15 is 0 Å². The first-order valence-corrected chi connectivity index (χ1v) is 15.8. The van der Waals surface area contributed by atoms with Crippen LogP contribution in [0.4, 0.5) is 22.3 Å². The Kier molecular flexibility index (Phi) is 7.68. The number of aromatic nitrogens is 2. The van der Waals surface area contributed by atoms with Crippen molar-refractivity contribution < 1.29 is 14.7 Å². The number of anilines is 4. The number of carboxylic acids is 1. The molecule has 0 spiro atoms. The van der Waals surface area contributed by atoms with Gasteiger partial charge in [0.15, 0.2) is 10.8 Å². The van der Waals surface area contributed by atoms with Crippen molar-refractivity contribution in [2.45, 2.75) is 19.9 Å². The van der Waals surface area contributed by atoms with Gasteiger partial charge in [-0.2, -0.15) is 0 Å². The van der Waals surface area contributed by atoms with E-state index in [1.807, 2.05) is 122 Å². The highest BCUT2D eigenvalue weighted by molar-refractivity contribution is 7.22. The molecule has 9 heteroatoms. The van der Waals surface area contributed by atoms with Gasteiger partial charge in [0, 0.05) is 42.6 Å². The summed E-state index contributed by atoms with van der Waals surface area (Å²) in [6, 6.07) is 33.2. The molecule has 2 aromatic heterocycles. The minimum Gasteiger partial charge on any atom is -0.476 e. The molecule has 0 saturated heterocycles. The van der Waals surface area contributed by atoms with Gasteiger partial charge in [-0.05, 0) is 84.1 Å². The topological polar surface area (TPSA) is 98.7 Å². The maximum Gasteiger partial charge on any atom is 0.355 e. The fourth-order valence-electron chi connectivity index (χ4n) is 6.15. The van der Waals surface area contributed by atoms with E-state index in [-0.39, 0.29) is 11.6 Å². The van der Waals surface area contributed by atoms with E-state index in [0.717, 1.165) is 43.8 Å². The van der Waals surface area contributed by atoms with Crippen LogP contribution in [0.15, 0.2) is 103 Å². The number of hydrogen-bond acceptors (Lipinski definition) is 7. The van der Waals surface area contributed by atoms with Crippen LogP contribution in [0.3, 0.4) is 0 Å². The molecule has 3 heterocycles. The lowest BCUT2D eigenvalue weighted by Crippen LogP contribution is -2.33. The summed E-state index contributed by atoms with van der Waals surface area (Å²) in [7, 11) is 2.00. The highest BCUT2D eigenvalue weighted by atomic mass is 32.1. The first-order valence-electron chi connectivity index (χ1n) is 15.0. The zero-order chi connectivity index (χ0) is 31.8. The van der Waals surface area contributed by atoms with Crippen LogP contribution in [-0.2, 0) is 13.0 Å². The van der Waals surface area contributed by atoms with E-state index in [4.69, 9.17) is 0 Å². The predicted octanol–water partition coefficient (Wildman–Crippen LogP) is 7.95. The largest absolute Gasteiger partial charge is 0.476 e. The van der Waals surface area contributed by atoms with Crippen LogP contribution >= 0.6 is 11.3 Å². The maximum atomic E-state index is 13.5. The molecule has 4 aromatic carbocycles. The molecule has 0 aliphatic carbocycles. The van der Waals surface area contributed by atoms with Crippen molar-refractivity contribution in [2.24, 2.45) is 0 Å². The summed E-state index contributed by atoms with van der Waals surface area (Å²) in [5.74, 6) is -0.752. The molecule has 0 saturated carbocycles. The number of para-hydroxylation sites is 2. The number of rotatable bonds is 7. The number of aromatic carboxylic acids is 1. The van der Waals surface area contributed by atoms with Gasteiger partial charge in [-0.15, -0.1) is 0 Å². The third-order valence-corrected chi connectivity index (χ3v) is 9.49. The Morgan fingerprint density at radius 2 is 1.65 bits per heavy atom. The number of fused-ring (bicyclic) bond motifs is 2. The Balaban J connectivity index is 1.18. The summed E-state index contributed by atoms with van der Waals surface area (Å²) in [4.78, 5) is 39.5. The van der Waals surface area contributed by atoms with E-state index in [1.165, 1.54) is 11.3 Å². The summed E-state index contributed by atoms with van der Waals surface area (Å²) in [5, 5.41) is 13.8. The molecule has 0 bridgehead atoms. The predicted molar refractivity (Wildman–Crippen MR) is 185 cm³/mol. The minimum atomic E-state index is -1.09. The molecule has 0 fully saturated rings. The molecule has 2 N–H and O–H groups in total. The second kappa shape index (κ2) is 12.1. The molecule has 0 radical (unpaired) electrons. The van der Waals surface area contributed by atoms with Gasteiger partial charge in [0.1, 0.15) is 5.82 Å². The van der Waals surface area contributed by atoms with Crippen LogP contribution in [0.25, 0.3) is 21.3 Å². The van der Waals surface area contributed by atoms with Gasteiger partial charge in [0.05, 0.1) is 10.2 Å². The summed E-state index contributed by atoms with van der Waals surface area (Å²) < 4.78 is 1.01. The number of amides is 1. The third kappa shape index (κ3) is 5.46. The van der Waals surface area contributed by atoms with Gasteiger partial charge in [-0.25, -0.2) is 14.8 Å². The number of benzene rings is 4. The molecular weight excluding hydrogens is 595 g/mol. The average Bonchev–Trinajstić information content (AvgIpc) is 3.50. The Morgan fingerprint density at radius 3 is 2.46 bits per heavy atom. The first-order chi connectivity index (χ1) is 22.4. The second-order valence-corrected chi connectivity index (χ2v) is 12.3. The number of nitrogens with one attached hydrogen (secondary N) is 1. The molecule has 0 atom stereocenters. The Hall–Kier alpha value is -5.54. The summed E-state index contributed by atoms with van der Waals surface area (Å²) in [6.07, 6.45) is 0.705. The Morgan fingerprint density at radius 1 is 0.870 bits per heavy atom. The number of carbonyl (C=O) groups is 2. The number of hydrogen-bond donors (Lipinski definition) is 2. The normalized spacial score (nSPS) is 12.5. The number of nitrogens with zero attached hydrogens (tertiary/aromatic N) is 4. The van der Waals surface area contributed by atoms with Crippen molar-refractivity contribution in [1.82, 2.24) is 9.97 Å². The SMILES string of the molecule is Cc1c(-c2ccc(N3CCc4cccc(C(=O)Nc5nc6ccccc6s5)c4C3)nc2C(=O)O)cccc1N(C)c1ccccc1. The van der Waals surface area contributed by atoms with Crippen molar-refractivity contribution in [3.63, 3.8) is 0 Å². The maximum absolute atomic E-state index is 13.5. The van der Waals surface area contributed by atoms with E-state index in [0.29, 0.717) is 41.6 Å². The second-order valence-electron chi connectivity index (χ2n) is 11.3. The number of carboxylic acid groups (broad SMARTS) is 1. The molecule has 1 amide bonds. The van der Waals surface area contributed by atoms with Gasteiger partial charge >= 0.3 is 5.97 Å². The molecular formula is C37H31N5O3S. The van der Waals surface area contributed by atoms with Gasteiger partial charge in [-0.3, -0.25) is 10.1 Å². The quantitative estimate of drug-likeness (QED) is 0.186. The van der Waals surface area contributed by atoms with Crippen LogP contribution < -0.4 is 15.1 Å². The summed E-state index contributed by atoms with van der Waals surface area (Å²) in [5.41, 5.74) is 7.76. The van der Waals surface area contributed by atoms with Crippen molar-refractivity contribution >= 4 is 55.8 Å². The molecule has 8 nitrogen and oxygen atoms in total. The average molecular weight is 626 g/mol. The van der Waals surface area contributed by atoms with Crippen LogP contribution in [0, 0.1) is 6.92 Å². The fourth-order valence-corrected chi connectivity index (χ4v) is 7.01. The lowest BCUT2D eigenvalue weighted by molar-refractivity contribution is 0.0691. The minimum absolute atomic E-state index is 0.00669. The van der Waals surface area contributed by atoms with E-state index < -0.39 is 5.97 Å².